The van der Waals surface area contributed by atoms with Gasteiger partial charge < -0.3 is 14.8 Å². The molecule has 1 aromatic carbocycles. The molecule has 0 aliphatic carbocycles. The van der Waals surface area contributed by atoms with Crippen LogP contribution in [-0.2, 0) is 9.47 Å². The SMILES string of the molecule is C#Cc1cccc(NCC(OCC)OCC)c1. The third kappa shape index (κ3) is 4.90. The zero-order chi connectivity index (χ0) is 12.5. The molecule has 0 heterocycles. The van der Waals surface area contributed by atoms with Crippen LogP contribution in [0.1, 0.15) is 19.4 Å². The Morgan fingerprint density at radius 2 is 2.00 bits per heavy atom. The van der Waals surface area contributed by atoms with Gasteiger partial charge in [0.15, 0.2) is 6.29 Å². The molecule has 0 radical (unpaired) electrons. The summed E-state index contributed by atoms with van der Waals surface area (Å²) in [6.45, 7) is 5.78. The summed E-state index contributed by atoms with van der Waals surface area (Å²) in [5.74, 6) is 2.60. The highest BCUT2D eigenvalue weighted by molar-refractivity contribution is 5.49. The highest BCUT2D eigenvalue weighted by Gasteiger charge is 2.06. The van der Waals surface area contributed by atoms with Crippen LogP contribution in [0.4, 0.5) is 5.69 Å². The fraction of sp³-hybridized carbons (Fsp3) is 0.429. The Morgan fingerprint density at radius 3 is 2.59 bits per heavy atom. The second-order valence-corrected chi connectivity index (χ2v) is 3.45. The van der Waals surface area contributed by atoms with Gasteiger partial charge in [-0.3, -0.25) is 0 Å². The van der Waals surface area contributed by atoms with Crippen LogP contribution < -0.4 is 5.32 Å². The lowest BCUT2D eigenvalue weighted by Gasteiger charge is -2.18. The van der Waals surface area contributed by atoms with Crippen molar-refractivity contribution in [3.8, 4) is 12.3 Å². The first kappa shape index (κ1) is 13.6. The lowest BCUT2D eigenvalue weighted by molar-refractivity contribution is -0.126. The first-order chi connectivity index (χ1) is 8.30. The number of terminal acetylenes is 1. The van der Waals surface area contributed by atoms with Crippen LogP contribution in [-0.4, -0.2) is 26.0 Å². The first-order valence-corrected chi connectivity index (χ1v) is 5.83. The largest absolute Gasteiger partial charge is 0.380 e. The van der Waals surface area contributed by atoms with E-state index in [-0.39, 0.29) is 6.29 Å². The highest BCUT2D eigenvalue weighted by Crippen LogP contribution is 2.10. The molecule has 0 saturated heterocycles. The summed E-state index contributed by atoms with van der Waals surface area (Å²) in [4.78, 5) is 0. The molecule has 0 aromatic heterocycles. The van der Waals surface area contributed by atoms with E-state index in [2.05, 4.69) is 11.2 Å². The van der Waals surface area contributed by atoms with Gasteiger partial charge in [-0.1, -0.05) is 12.0 Å². The van der Waals surface area contributed by atoms with Crippen LogP contribution in [0.5, 0.6) is 0 Å². The Labute approximate surface area is 103 Å². The maximum atomic E-state index is 5.44. The zero-order valence-electron chi connectivity index (χ0n) is 10.4. The van der Waals surface area contributed by atoms with Crippen LogP contribution in [0.2, 0.25) is 0 Å². The van der Waals surface area contributed by atoms with Gasteiger partial charge in [-0.25, -0.2) is 0 Å². The molecular formula is C14H19NO2. The van der Waals surface area contributed by atoms with Gasteiger partial charge in [0.1, 0.15) is 0 Å². The van der Waals surface area contributed by atoms with E-state index in [9.17, 15) is 0 Å². The number of benzene rings is 1. The van der Waals surface area contributed by atoms with Crippen LogP contribution in [0.15, 0.2) is 24.3 Å². The minimum atomic E-state index is -0.223. The molecule has 3 nitrogen and oxygen atoms in total. The summed E-state index contributed by atoms with van der Waals surface area (Å²) >= 11 is 0. The topological polar surface area (TPSA) is 30.5 Å². The molecule has 3 heteroatoms. The molecule has 0 aliphatic rings. The van der Waals surface area contributed by atoms with E-state index in [0.717, 1.165) is 11.3 Å². The Bertz CT molecular complexity index is 365. The zero-order valence-corrected chi connectivity index (χ0v) is 10.4. The van der Waals surface area contributed by atoms with E-state index in [1.807, 2.05) is 38.1 Å². The Morgan fingerprint density at radius 1 is 1.29 bits per heavy atom. The molecule has 1 rings (SSSR count). The third-order valence-corrected chi connectivity index (χ3v) is 2.21. The van der Waals surface area contributed by atoms with Crippen molar-refractivity contribution in [3.05, 3.63) is 29.8 Å². The second kappa shape index (κ2) is 7.72. The quantitative estimate of drug-likeness (QED) is 0.579. The molecule has 0 spiro atoms. The van der Waals surface area contributed by atoms with Gasteiger partial charge >= 0.3 is 0 Å². The monoisotopic (exact) mass is 233 g/mol. The summed E-state index contributed by atoms with van der Waals surface area (Å²) in [5.41, 5.74) is 1.84. The van der Waals surface area contributed by atoms with Crippen LogP contribution in [0.3, 0.4) is 0 Å². The standard InChI is InChI=1S/C14H19NO2/c1-4-12-8-7-9-13(10-12)15-11-14(16-5-2)17-6-3/h1,7-10,14-15H,5-6,11H2,2-3H3. The van der Waals surface area contributed by atoms with Gasteiger partial charge in [0.2, 0.25) is 0 Å². The molecule has 0 saturated carbocycles. The van der Waals surface area contributed by atoms with Gasteiger partial charge in [0.25, 0.3) is 0 Å². The molecule has 17 heavy (non-hydrogen) atoms. The lowest BCUT2D eigenvalue weighted by Crippen LogP contribution is -2.26. The summed E-state index contributed by atoms with van der Waals surface area (Å²) in [6.07, 6.45) is 5.12. The fourth-order valence-electron chi connectivity index (χ4n) is 1.46. The number of hydrogen-bond donors (Lipinski definition) is 1. The third-order valence-electron chi connectivity index (χ3n) is 2.21. The molecule has 0 amide bonds. The fourth-order valence-corrected chi connectivity index (χ4v) is 1.46. The average molecular weight is 233 g/mol. The van der Waals surface area contributed by atoms with Crippen molar-refractivity contribution in [3.63, 3.8) is 0 Å². The van der Waals surface area contributed by atoms with Crippen LogP contribution in [0, 0.1) is 12.3 Å². The van der Waals surface area contributed by atoms with E-state index < -0.39 is 0 Å². The van der Waals surface area contributed by atoms with Gasteiger partial charge in [-0.15, -0.1) is 6.42 Å². The van der Waals surface area contributed by atoms with Crippen molar-refractivity contribution >= 4 is 5.69 Å². The summed E-state index contributed by atoms with van der Waals surface area (Å²) in [7, 11) is 0. The molecule has 0 fully saturated rings. The van der Waals surface area contributed by atoms with Gasteiger partial charge in [-0.05, 0) is 32.0 Å². The number of ether oxygens (including phenoxy) is 2. The van der Waals surface area contributed by atoms with Crippen molar-refractivity contribution in [2.45, 2.75) is 20.1 Å². The van der Waals surface area contributed by atoms with E-state index in [1.54, 1.807) is 0 Å². The van der Waals surface area contributed by atoms with Gasteiger partial charge in [-0.2, -0.15) is 0 Å². The van der Waals surface area contributed by atoms with Crippen molar-refractivity contribution < 1.29 is 9.47 Å². The number of hydrogen-bond acceptors (Lipinski definition) is 3. The average Bonchev–Trinajstić information content (AvgIpc) is 2.37. The lowest BCUT2D eigenvalue weighted by atomic mass is 10.2. The van der Waals surface area contributed by atoms with E-state index in [1.165, 1.54) is 0 Å². The highest BCUT2D eigenvalue weighted by atomic mass is 16.7. The molecule has 1 aromatic rings. The van der Waals surface area contributed by atoms with Crippen LogP contribution >= 0.6 is 0 Å². The van der Waals surface area contributed by atoms with Crippen molar-refractivity contribution in [1.82, 2.24) is 0 Å². The van der Waals surface area contributed by atoms with Crippen molar-refractivity contribution in [1.29, 1.82) is 0 Å². The summed E-state index contributed by atoms with van der Waals surface area (Å²) in [5, 5.41) is 3.24. The Kier molecular flexibility index (Phi) is 6.16. The molecule has 1 N–H and O–H groups in total. The smallest absolute Gasteiger partial charge is 0.174 e. The maximum Gasteiger partial charge on any atom is 0.174 e. The second-order valence-electron chi connectivity index (χ2n) is 3.45. The van der Waals surface area contributed by atoms with Crippen LogP contribution in [0.25, 0.3) is 0 Å². The van der Waals surface area contributed by atoms with Crippen molar-refractivity contribution in [2.75, 3.05) is 25.1 Å². The predicted octanol–water partition coefficient (Wildman–Crippen LogP) is 2.48. The van der Waals surface area contributed by atoms with E-state index >= 15 is 0 Å². The maximum absolute atomic E-state index is 5.44. The normalized spacial score (nSPS) is 10.2. The first-order valence-electron chi connectivity index (χ1n) is 5.83. The Balaban J connectivity index is 2.49. The Hall–Kier alpha value is -1.50. The molecule has 0 bridgehead atoms. The number of anilines is 1. The molecule has 0 unspecified atom stereocenters. The van der Waals surface area contributed by atoms with Gasteiger partial charge in [0.05, 0.1) is 6.54 Å². The van der Waals surface area contributed by atoms with Gasteiger partial charge in [0, 0.05) is 24.5 Å². The number of rotatable bonds is 7. The predicted molar refractivity (Wildman–Crippen MR) is 69.9 cm³/mol. The van der Waals surface area contributed by atoms with E-state index in [0.29, 0.717) is 19.8 Å². The van der Waals surface area contributed by atoms with E-state index in [4.69, 9.17) is 15.9 Å². The summed E-state index contributed by atoms with van der Waals surface area (Å²) < 4.78 is 10.9. The molecular weight excluding hydrogens is 214 g/mol. The van der Waals surface area contributed by atoms with Crippen molar-refractivity contribution in [2.24, 2.45) is 0 Å². The molecule has 92 valence electrons. The number of nitrogens with one attached hydrogen (secondary N) is 1. The minimum absolute atomic E-state index is 0.223. The minimum Gasteiger partial charge on any atom is -0.380 e. The molecule has 0 atom stereocenters. The molecule has 0 aliphatic heterocycles. The summed E-state index contributed by atoms with van der Waals surface area (Å²) in [6, 6.07) is 7.71.